The van der Waals surface area contributed by atoms with Crippen LogP contribution in [0.2, 0.25) is 0 Å². The number of hydrogen-bond acceptors (Lipinski definition) is 5. The summed E-state index contributed by atoms with van der Waals surface area (Å²) in [5, 5.41) is -0.718. The van der Waals surface area contributed by atoms with Crippen LogP contribution in [0.3, 0.4) is 0 Å². The Bertz CT molecular complexity index is 256. The molecule has 0 unspecified atom stereocenters. The third-order valence-corrected chi connectivity index (χ3v) is 2.12. The van der Waals surface area contributed by atoms with Crippen molar-refractivity contribution in [1.82, 2.24) is 0 Å². The highest BCUT2D eigenvalue weighted by molar-refractivity contribution is 6.64. The van der Waals surface area contributed by atoms with Crippen molar-refractivity contribution in [2.45, 2.75) is 20.8 Å². The smallest absolute Gasteiger partial charge is 0.302 e. The number of rotatable bonds is 5. The lowest BCUT2D eigenvalue weighted by molar-refractivity contribution is -0.152. The lowest BCUT2D eigenvalue weighted by atomic mass is 9.95. The Morgan fingerprint density at radius 2 is 1.40 bits per heavy atom. The molecule has 15 heavy (non-hydrogen) atoms. The molecule has 0 spiro atoms. The zero-order valence-electron chi connectivity index (χ0n) is 8.83. The highest BCUT2D eigenvalue weighted by Crippen LogP contribution is 2.21. The van der Waals surface area contributed by atoms with Crippen molar-refractivity contribution >= 4 is 28.8 Å². The highest BCUT2D eigenvalue weighted by atomic mass is 35.5. The normalized spacial score (nSPS) is 10.7. The lowest BCUT2D eigenvalue weighted by Crippen LogP contribution is -2.36. The molecule has 0 radical (unpaired) electrons. The van der Waals surface area contributed by atoms with Crippen LogP contribution in [0.25, 0.3) is 0 Å². The third kappa shape index (κ3) is 5.37. The van der Waals surface area contributed by atoms with Crippen molar-refractivity contribution in [3.05, 3.63) is 0 Å². The fourth-order valence-electron chi connectivity index (χ4n) is 0.677. The van der Waals surface area contributed by atoms with Crippen LogP contribution in [0.15, 0.2) is 0 Å². The number of halogens is 1. The van der Waals surface area contributed by atoms with E-state index in [4.69, 9.17) is 11.6 Å². The molecule has 0 fully saturated rings. The minimum absolute atomic E-state index is 0.210. The molecule has 0 N–H and O–H groups in total. The molecule has 0 aromatic carbocycles. The Morgan fingerprint density at radius 1 is 1.07 bits per heavy atom. The van der Waals surface area contributed by atoms with Crippen molar-refractivity contribution < 1.29 is 23.9 Å². The summed E-state index contributed by atoms with van der Waals surface area (Å²) < 4.78 is 9.33. The molecule has 0 aliphatic rings. The fraction of sp³-hybridized carbons (Fsp3) is 0.667. The molecule has 0 bridgehead atoms. The molecule has 5 nitrogen and oxygen atoms in total. The summed E-state index contributed by atoms with van der Waals surface area (Å²) in [7, 11) is 0. The maximum atomic E-state index is 11.1. The van der Waals surface area contributed by atoms with Gasteiger partial charge in [0, 0.05) is 13.8 Å². The molecule has 0 amide bonds. The van der Waals surface area contributed by atoms with Gasteiger partial charge in [-0.3, -0.25) is 14.4 Å². The second-order valence-corrected chi connectivity index (χ2v) is 3.74. The minimum Gasteiger partial charge on any atom is -0.465 e. The predicted octanol–water partition coefficient (Wildman–Crippen LogP) is 0.884. The maximum absolute atomic E-state index is 11.1. The molecule has 0 aromatic heterocycles. The van der Waals surface area contributed by atoms with Gasteiger partial charge in [-0.15, -0.1) is 0 Å². The maximum Gasteiger partial charge on any atom is 0.302 e. The van der Waals surface area contributed by atoms with Crippen molar-refractivity contribution in [3.63, 3.8) is 0 Å². The van der Waals surface area contributed by atoms with E-state index in [9.17, 15) is 14.4 Å². The Labute approximate surface area is 92.7 Å². The van der Waals surface area contributed by atoms with Crippen LogP contribution >= 0.6 is 11.6 Å². The molecule has 0 aromatic rings. The van der Waals surface area contributed by atoms with E-state index in [1.165, 1.54) is 20.8 Å². The highest BCUT2D eigenvalue weighted by Gasteiger charge is 2.34. The first-order valence-electron chi connectivity index (χ1n) is 4.24. The van der Waals surface area contributed by atoms with E-state index >= 15 is 0 Å². The molecular weight excluding hydrogens is 224 g/mol. The Kier molecular flexibility index (Phi) is 5.28. The van der Waals surface area contributed by atoms with E-state index in [1.807, 2.05) is 0 Å². The lowest BCUT2D eigenvalue weighted by Gasteiger charge is -2.23. The predicted molar refractivity (Wildman–Crippen MR) is 52.2 cm³/mol. The molecule has 0 aliphatic carbocycles. The van der Waals surface area contributed by atoms with E-state index in [1.54, 1.807) is 0 Å². The molecule has 0 aliphatic heterocycles. The van der Waals surface area contributed by atoms with Gasteiger partial charge in [-0.25, -0.2) is 0 Å². The average molecular weight is 237 g/mol. The quantitative estimate of drug-likeness (QED) is 0.524. The topological polar surface area (TPSA) is 69.7 Å². The molecule has 0 saturated heterocycles. The van der Waals surface area contributed by atoms with Crippen molar-refractivity contribution in [3.8, 4) is 0 Å². The molecule has 6 heteroatoms. The Morgan fingerprint density at radius 3 is 1.60 bits per heavy atom. The largest absolute Gasteiger partial charge is 0.465 e. The Balaban J connectivity index is 4.38. The monoisotopic (exact) mass is 236 g/mol. The van der Waals surface area contributed by atoms with E-state index < -0.39 is 22.6 Å². The van der Waals surface area contributed by atoms with Gasteiger partial charge < -0.3 is 9.47 Å². The summed E-state index contributed by atoms with van der Waals surface area (Å²) in [5.41, 5.74) is -1.20. The van der Waals surface area contributed by atoms with E-state index in [2.05, 4.69) is 9.47 Å². The first-order chi connectivity index (χ1) is 6.78. The van der Waals surface area contributed by atoms with Crippen LogP contribution < -0.4 is 0 Å². The molecule has 86 valence electrons. The summed E-state index contributed by atoms with van der Waals surface area (Å²) >= 11 is 5.33. The van der Waals surface area contributed by atoms with E-state index in [0.29, 0.717) is 0 Å². The van der Waals surface area contributed by atoms with Crippen LogP contribution in [-0.2, 0) is 23.9 Å². The van der Waals surface area contributed by atoms with Crippen LogP contribution in [0, 0.1) is 5.41 Å². The fourth-order valence-corrected chi connectivity index (χ4v) is 0.786. The third-order valence-electron chi connectivity index (χ3n) is 1.66. The first-order valence-corrected chi connectivity index (χ1v) is 4.62. The van der Waals surface area contributed by atoms with Gasteiger partial charge in [0.1, 0.15) is 18.6 Å². The first kappa shape index (κ1) is 13.9. The summed E-state index contributed by atoms with van der Waals surface area (Å²) in [5.74, 6) is -1.05. The van der Waals surface area contributed by atoms with Crippen LogP contribution in [0.1, 0.15) is 20.8 Å². The average Bonchev–Trinajstić information content (AvgIpc) is 2.11. The number of esters is 2. The zero-order chi connectivity index (χ0) is 12.1. The van der Waals surface area contributed by atoms with Gasteiger partial charge in [0.05, 0.1) is 0 Å². The number of carbonyl (C=O) groups excluding carboxylic acids is 3. The standard InChI is InChI=1S/C9H13ClO5/c1-6(11)14-4-9(3,8(10)13)5-15-7(2)12/h4-5H2,1-3H3. The Hall–Kier alpha value is -1.10. The molecule has 0 saturated carbocycles. The summed E-state index contributed by atoms with van der Waals surface area (Å²) in [6, 6.07) is 0. The molecule has 0 heterocycles. The molecule has 0 atom stereocenters. The SMILES string of the molecule is CC(=O)OCC(C)(COC(C)=O)C(=O)Cl. The van der Waals surface area contributed by atoms with Crippen molar-refractivity contribution in [2.24, 2.45) is 5.41 Å². The number of hydrogen-bond donors (Lipinski definition) is 0. The van der Waals surface area contributed by atoms with Crippen molar-refractivity contribution in [2.75, 3.05) is 13.2 Å². The van der Waals surface area contributed by atoms with Gasteiger partial charge in [-0.05, 0) is 18.5 Å². The summed E-state index contributed by atoms with van der Waals surface area (Å²) in [6.07, 6.45) is 0. The number of ether oxygens (including phenoxy) is 2. The number of carbonyl (C=O) groups is 3. The zero-order valence-corrected chi connectivity index (χ0v) is 9.59. The van der Waals surface area contributed by atoms with Crippen LogP contribution in [0.5, 0.6) is 0 Å². The van der Waals surface area contributed by atoms with E-state index in [-0.39, 0.29) is 13.2 Å². The van der Waals surface area contributed by atoms with E-state index in [0.717, 1.165) is 0 Å². The summed E-state index contributed by atoms with van der Waals surface area (Å²) in [4.78, 5) is 32.2. The summed E-state index contributed by atoms with van der Waals surface area (Å²) in [6.45, 7) is 3.46. The van der Waals surface area contributed by atoms with Crippen molar-refractivity contribution in [1.29, 1.82) is 0 Å². The minimum atomic E-state index is -1.20. The second kappa shape index (κ2) is 5.70. The van der Waals surface area contributed by atoms with Crippen LogP contribution in [-0.4, -0.2) is 30.4 Å². The van der Waals surface area contributed by atoms with Gasteiger partial charge in [0.25, 0.3) is 0 Å². The second-order valence-electron chi connectivity index (χ2n) is 3.39. The van der Waals surface area contributed by atoms with Gasteiger partial charge >= 0.3 is 11.9 Å². The van der Waals surface area contributed by atoms with Gasteiger partial charge in [-0.1, -0.05) is 0 Å². The van der Waals surface area contributed by atoms with Crippen LogP contribution in [0.4, 0.5) is 0 Å². The van der Waals surface area contributed by atoms with Gasteiger partial charge in [0.15, 0.2) is 0 Å². The van der Waals surface area contributed by atoms with Gasteiger partial charge in [-0.2, -0.15) is 0 Å². The molecular formula is C9H13ClO5. The van der Waals surface area contributed by atoms with Gasteiger partial charge in [0.2, 0.25) is 5.24 Å². The molecule has 0 rings (SSSR count).